The lowest BCUT2D eigenvalue weighted by atomic mass is 9.89. The van der Waals surface area contributed by atoms with Crippen molar-refractivity contribution in [2.24, 2.45) is 10.4 Å². The first kappa shape index (κ1) is 21.2. The maximum absolute atomic E-state index is 10.7. The van der Waals surface area contributed by atoms with E-state index >= 15 is 0 Å². The molecule has 136 valence electrons. The molecule has 3 N–H and O–H groups in total. The summed E-state index contributed by atoms with van der Waals surface area (Å²) in [5, 5.41) is 17.4. The molecule has 0 aromatic heterocycles. The van der Waals surface area contributed by atoms with Crippen molar-refractivity contribution in [2.75, 3.05) is 19.6 Å². The summed E-state index contributed by atoms with van der Waals surface area (Å²) in [6, 6.07) is 9.72. The molecule has 1 aromatic rings. The van der Waals surface area contributed by atoms with Gasteiger partial charge in [-0.05, 0) is 37.7 Å². The van der Waals surface area contributed by atoms with Crippen molar-refractivity contribution >= 4 is 29.9 Å². The Bertz CT molecular complexity index is 511. The molecular weight excluding hydrogens is 413 g/mol. The van der Waals surface area contributed by atoms with Crippen molar-refractivity contribution in [3.8, 4) is 0 Å². The van der Waals surface area contributed by atoms with Crippen LogP contribution in [0.5, 0.6) is 0 Å². The van der Waals surface area contributed by atoms with Crippen LogP contribution in [0.1, 0.15) is 52.0 Å². The molecule has 5 heteroatoms. The van der Waals surface area contributed by atoms with Crippen molar-refractivity contribution < 1.29 is 5.11 Å². The summed E-state index contributed by atoms with van der Waals surface area (Å²) in [5.74, 6) is 0.789. The SMILES string of the molecule is CCNC(=NCC(C)(O)c1ccccc1)NCC1(C)CCCC1.I. The van der Waals surface area contributed by atoms with Crippen molar-refractivity contribution in [3.05, 3.63) is 35.9 Å². The monoisotopic (exact) mass is 445 g/mol. The second-order valence-electron chi connectivity index (χ2n) is 7.21. The lowest BCUT2D eigenvalue weighted by molar-refractivity contribution is 0.0672. The van der Waals surface area contributed by atoms with Crippen LogP contribution in [0.4, 0.5) is 0 Å². The molecule has 2 rings (SSSR count). The van der Waals surface area contributed by atoms with Gasteiger partial charge in [-0.3, -0.25) is 0 Å². The number of nitrogens with one attached hydrogen (secondary N) is 2. The summed E-state index contributed by atoms with van der Waals surface area (Å²) >= 11 is 0. The molecule has 1 aromatic carbocycles. The molecule has 0 radical (unpaired) electrons. The topological polar surface area (TPSA) is 56.7 Å². The van der Waals surface area contributed by atoms with E-state index in [9.17, 15) is 5.11 Å². The number of hydrogen-bond donors (Lipinski definition) is 3. The molecule has 1 aliphatic carbocycles. The van der Waals surface area contributed by atoms with E-state index in [0.29, 0.717) is 12.0 Å². The fourth-order valence-corrected chi connectivity index (χ4v) is 3.17. The molecule has 24 heavy (non-hydrogen) atoms. The lowest BCUT2D eigenvalue weighted by Crippen LogP contribution is -2.43. The number of aliphatic imine (C=N–C) groups is 1. The molecule has 0 heterocycles. The van der Waals surface area contributed by atoms with E-state index in [1.807, 2.05) is 37.3 Å². The van der Waals surface area contributed by atoms with E-state index in [2.05, 4.69) is 29.5 Å². The molecular formula is C19H32IN3O. The van der Waals surface area contributed by atoms with Crippen LogP contribution in [0.25, 0.3) is 0 Å². The van der Waals surface area contributed by atoms with E-state index in [1.54, 1.807) is 0 Å². The Kier molecular flexibility index (Phi) is 8.50. The third kappa shape index (κ3) is 6.24. The molecule has 0 amide bonds. The van der Waals surface area contributed by atoms with Gasteiger partial charge < -0.3 is 15.7 Å². The first-order valence-electron chi connectivity index (χ1n) is 8.75. The summed E-state index contributed by atoms with van der Waals surface area (Å²) in [7, 11) is 0. The summed E-state index contributed by atoms with van der Waals surface area (Å²) in [5.41, 5.74) is 0.307. The zero-order valence-corrected chi connectivity index (χ0v) is 17.5. The molecule has 0 bridgehead atoms. The maximum Gasteiger partial charge on any atom is 0.191 e. The van der Waals surface area contributed by atoms with Gasteiger partial charge in [0, 0.05) is 13.1 Å². The van der Waals surface area contributed by atoms with Crippen LogP contribution < -0.4 is 10.6 Å². The second kappa shape index (κ2) is 9.61. The van der Waals surface area contributed by atoms with Gasteiger partial charge in [0.1, 0.15) is 5.60 Å². The van der Waals surface area contributed by atoms with E-state index in [0.717, 1.165) is 24.6 Å². The molecule has 0 aliphatic heterocycles. The third-order valence-corrected chi connectivity index (χ3v) is 4.78. The maximum atomic E-state index is 10.7. The average molecular weight is 445 g/mol. The molecule has 1 fully saturated rings. The first-order valence-corrected chi connectivity index (χ1v) is 8.75. The molecule has 1 atom stereocenters. The van der Waals surface area contributed by atoms with Crippen LogP contribution in [0.2, 0.25) is 0 Å². The summed E-state index contributed by atoms with van der Waals surface area (Å²) in [4.78, 5) is 4.60. The Labute approximate surface area is 163 Å². The average Bonchev–Trinajstić information content (AvgIpc) is 2.98. The zero-order valence-electron chi connectivity index (χ0n) is 15.1. The highest BCUT2D eigenvalue weighted by Crippen LogP contribution is 2.36. The first-order chi connectivity index (χ1) is 11.0. The predicted octanol–water partition coefficient (Wildman–Crippen LogP) is 3.65. The van der Waals surface area contributed by atoms with E-state index in [4.69, 9.17) is 0 Å². The summed E-state index contributed by atoms with van der Waals surface area (Å²) in [6.07, 6.45) is 5.21. The molecule has 4 nitrogen and oxygen atoms in total. The van der Waals surface area contributed by atoms with Gasteiger partial charge in [-0.25, -0.2) is 4.99 Å². The lowest BCUT2D eigenvalue weighted by Gasteiger charge is -2.26. The van der Waals surface area contributed by atoms with Crippen molar-refractivity contribution in [1.82, 2.24) is 10.6 Å². The van der Waals surface area contributed by atoms with Gasteiger partial charge >= 0.3 is 0 Å². The standard InChI is InChI=1S/C19H31N3O.HI/c1-4-20-17(21-14-18(2)12-8-9-13-18)22-15-19(3,23)16-10-6-5-7-11-16;/h5-7,10-11,23H,4,8-9,12-15H2,1-3H3,(H2,20,21,22);1H. The summed E-state index contributed by atoms with van der Waals surface area (Å²) < 4.78 is 0. The Hall–Kier alpha value is -0.820. The third-order valence-electron chi connectivity index (χ3n) is 4.78. The van der Waals surface area contributed by atoms with Crippen molar-refractivity contribution in [2.45, 2.75) is 52.1 Å². The largest absolute Gasteiger partial charge is 0.384 e. The van der Waals surface area contributed by atoms with E-state index in [-0.39, 0.29) is 24.0 Å². The van der Waals surface area contributed by atoms with Crippen LogP contribution in [0, 0.1) is 5.41 Å². The van der Waals surface area contributed by atoms with E-state index in [1.165, 1.54) is 25.7 Å². The van der Waals surface area contributed by atoms with Gasteiger partial charge in [0.25, 0.3) is 0 Å². The number of nitrogens with zero attached hydrogens (tertiary/aromatic N) is 1. The van der Waals surface area contributed by atoms with Crippen molar-refractivity contribution in [1.29, 1.82) is 0 Å². The van der Waals surface area contributed by atoms with Crippen LogP contribution >= 0.6 is 24.0 Å². The van der Waals surface area contributed by atoms with Gasteiger partial charge in [-0.2, -0.15) is 0 Å². The molecule has 1 saturated carbocycles. The molecule has 1 unspecified atom stereocenters. The second-order valence-corrected chi connectivity index (χ2v) is 7.21. The predicted molar refractivity (Wildman–Crippen MR) is 112 cm³/mol. The van der Waals surface area contributed by atoms with Crippen LogP contribution in [-0.4, -0.2) is 30.7 Å². The fourth-order valence-electron chi connectivity index (χ4n) is 3.17. The Morgan fingerprint density at radius 1 is 1.21 bits per heavy atom. The number of halogens is 1. The van der Waals surface area contributed by atoms with Crippen LogP contribution in [0.3, 0.4) is 0 Å². The van der Waals surface area contributed by atoms with Gasteiger partial charge in [-0.15, -0.1) is 24.0 Å². The summed E-state index contributed by atoms with van der Waals surface area (Å²) in [6.45, 7) is 8.31. The normalized spacial score (nSPS) is 19.2. The highest BCUT2D eigenvalue weighted by molar-refractivity contribution is 14.0. The number of guanidine groups is 1. The van der Waals surface area contributed by atoms with Gasteiger partial charge in [0.2, 0.25) is 0 Å². The van der Waals surface area contributed by atoms with Crippen molar-refractivity contribution in [3.63, 3.8) is 0 Å². The van der Waals surface area contributed by atoms with E-state index < -0.39 is 5.60 Å². The van der Waals surface area contributed by atoms with Crippen LogP contribution in [-0.2, 0) is 5.60 Å². The Balaban J connectivity index is 0.00000288. The smallest absolute Gasteiger partial charge is 0.191 e. The minimum atomic E-state index is -0.957. The molecule has 0 spiro atoms. The van der Waals surface area contributed by atoms with Gasteiger partial charge in [0.05, 0.1) is 6.54 Å². The molecule has 1 aliphatic rings. The zero-order chi connectivity index (χ0) is 16.8. The molecule has 0 saturated heterocycles. The number of rotatable bonds is 6. The fraction of sp³-hybridized carbons (Fsp3) is 0.632. The van der Waals surface area contributed by atoms with Crippen LogP contribution in [0.15, 0.2) is 35.3 Å². The Morgan fingerprint density at radius 2 is 1.83 bits per heavy atom. The van der Waals surface area contributed by atoms with Gasteiger partial charge in [0.15, 0.2) is 5.96 Å². The number of hydrogen-bond acceptors (Lipinski definition) is 2. The number of aliphatic hydroxyl groups is 1. The highest BCUT2D eigenvalue weighted by atomic mass is 127. The van der Waals surface area contributed by atoms with Gasteiger partial charge in [-0.1, -0.05) is 50.1 Å². The Morgan fingerprint density at radius 3 is 2.42 bits per heavy atom. The highest BCUT2D eigenvalue weighted by Gasteiger charge is 2.28. The number of benzene rings is 1. The minimum absolute atomic E-state index is 0. The quantitative estimate of drug-likeness (QED) is 0.356. The minimum Gasteiger partial charge on any atom is -0.384 e.